The standard InChI is InChI=1S/C22H30FN5OS.HI/c1-3-24-22(27-18-8-12-28(13-9-18)20-5-4-14-30-20)26-11-10-25-21(29)17-7-6-16(2)19(23)15-17;/h4-7,14-15,18H,3,8-13H2,1-2H3,(H,25,29)(H2,24,26,27);1H. The number of thiophene rings is 1. The smallest absolute Gasteiger partial charge is 0.251 e. The Kier molecular flexibility index (Phi) is 10.5. The summed E-state index contributed by atoms with van der Waals surface area (Å²) in [7, 11) is 0. The third-order valence-corrected chi connectivity index (χ3v) is 6.03. The molecule has 9 heteroatoms. The van der Waals surface area contributed by atoms with Gasteiger partial charge in [0.05, 0.1) is 11.5 Å². The van der Waals surface area contributed by atoms with E-state index in [4.69, 9.17) is 0 Å². The quantitative estimate of drug-likeness (QED) is 0.209. The summed E-state index contributed by atoms with van der Waals surface area (Å²) in [5.41, 5.74) is 0.850. The molecule has 0 unspecified atom stereocenters. The van der Waals surface area contributed by atoms with Crippen LogP contribution in [-0.4, -0.2) is 50.6 Å². The third-order valence-electron chi connectivity index (χ3n) is 5.10. The van der Waals surface area contributed by atoms with Crippen molar-refractivity contribution in [2.45, 2.75) is 32.7 Å². The lowest BCUT2D eigenvalue weighted by Gasteiger charge is -2.33. The van der Waals surface area contributed by atoms with Crippen molar-refractivity contribution in [1.29, 1.82) is 0 Å². The second kappa shape index (κ2) is 12.8. The fraction of sp³-hybridized carbons (Fsp3) is 0.455. The number of benzene rings is 1. The number of halogens is 2. The van der Waals surface area contributed by atoms with Crippen molar-refractivity contribution < 1.29 is 9.18 Å². The molecule has 0 saturated carbocycles. The first-order chi connectivity index (χ1) is 14.6. The molecule has 0 bridgehead atoms. The van der Waals surface area contributed by atoms with E-state index in [-0.39, 0.29) is 35.7 Å². The molecule has 3 N–H and O–H groups in total. The van der Waals surface area contributed by atoms with Crippen LogP contribution in [0.4, 0.5) is 9.39 Å². The summed E-state index contributed by atoms with van der Waals surface area (Å²) < 4.78 is 13.6. The normalized spacial score (nSPS) is 14.7. The van der Waals surface area contributed by atoms with Crippen molar-refractivity contribution in [2.75, 3.05) is 37.6 Å². The molecule has 1 fully saturated rings. The molecule has 0 atom stereocenters. The molecule has 170 valence electrons. The minimum Gasteiger partial charge on any atom is -0.363 e. The highest BCUT2D eigenvalue weighted by Gasteiger charge is 2.20. The van der Waals surface area contributed by atoms with Crippen molar-refractivity contribution in [3.05, 3.63) is 52.7 Å². The van der Waals surface area contributed by atoms with Crippen molar-refractivity contribution in [1.82, 2.24) is 16.0 Å². The molecule has 1 aliphatic heterocycles. The molecule has 31 heavy (non-hydrogen) atoms. The highest BCUT2D eigenvalue weighted by Crippen LogP contribution is 2.24. The Morgan fingerprint density at radius 2 is 2.03 bits per heavy atom. The van der Waals surface area contributed by atoms with Gasteiger partial charge in [-0.25, -0.2) is 4.39 Å². The van der Waals surface area contributed by atoms with E-state index >= 15 is 0 Å². The molecule has 0 aliphatic carbocycles. The first-order valence-corrected chi connectivity index (χ1v) is 11.3. The molecular weight excluding hydrogens is 528 g/mol. The first kappa shape index (κ1) is 25.4. The molecule has 1 amide bonds. The molecule has 1 aromatic heterocycles. The monoisotopic (exact) mass is 559 g/mol. The summed E-state index contributed by atoms with van der Waals surface area (Å²) >= 11 is 1.78. The predicted molar refractivity (Wildman–Crippen MR) is 138 cm³/mol. The van der Waals surface area contributed by atoms with Crippen molar-refractivity contribution in [3.8, 4) is 0 Å². The molecule has 2 aromatic rings. The molecule has 0 spiro atoms. The largest absolute Gasteiger partial charge is 0.363 e. The van der Waals surface area contributed by atoms with E-state index < -0.39 is 0 Å². The zero-order valence-electron chi connectivity index (χ0n) is 18.0. The Balaban J connectivity index is 0.00000341. The van der Waals surface area contributed by atoms with Gasteiger partial charge in [0.1, 0.15) is 5.82 Å². The van der Waals surface area contributed by atoms with Crippen molar-refractivity contribution in [3.63, 3.8) is 0 Å². The van der Waals surface area contributed by atoms with Crippen LogP contribution in [0.25, 0.3) is 0 Å². The van der Waals surface area contributed by atoms with Crippen molar-refractivity contribution in [2.24, 2.45) is 4.99 Å². The lowest BCUT2D eigenvalue weighted by molar-refractivity contribution is 0.0954. The van der Waals surface area contributed by atoms with Gasteiger partial charge in [-0.05, 0) is 61.9 Å². The molecule has 3 rings (SSSR count). The van der Waals surface area contributed by atoms with E-state index in [2.05, 4.69) is 43.4 Å². The molecule has 2 heterocycles. The SMILES string of the molecule is CCNC(=NCCNC(=O)c1ccc(C)c(F)c1)NC1CCN(c2cccs2)CC1.I. The second-order valence-corrected chi connectivity index (χ2v) is 8.26. The topological polar surface area (TPSA) is 68.8 Å². The number of aryl methyl sites for hydroxylation is 1. The zero-order chi connectivity index (χ0) is 21.3. The van der Waals surface area contributed by atoms with E-state index in [1.807, 2.05) is 6.92 Å². The lowest BCUT2D eigenvalue weighted by atomic mass is 10.1. The number of aliphatic imine (C=N–C) groups is 1. The fourth-order valence-electron chi connectivity index (χ4n) is 3.38. The van der Waals surface area contributed by atoms with E-state index in [0.717, 1.165) is 38.4 Å². The average Bonchev–Trinajstić information content (AvgIpc) is 3.28. The predicted octanol–water partition coefficient (Wildman–Crippen LogP) is 3.77. The van der Waals surface area contributed by atoms with Gasteiger partial charge in [0.15, 0.2) is 5.96 Å². The van der Waals surface area contributed by atoms with Crippen LogP contribution < -0.4 is 20.9 Å². The Bertz CT molecular complexity index is 854. The van der Waals surface area contributed by atoms with Crippen LogP contribution in [0.1, 0.15) is 35.7 Å². The van der Waals surface area contributed by atoms with Crippen LogP contribution >= 0.6 is 35.3 Å². The van der Waals surface area contributed by atoms with Gasteiger partial charge in [-0.2, -0.15) is 0 Å². The maximum Gasteiger partial charge on any atom is 0.251 e. The number of guanidine groups is 1. The van der Waals surface area contributed by atoms with Crippen LogP contribution in [0.5, 0.6) is 0 Å². The van der Waals surface area contributed by atoms with Crippen LogP contribution in [0.15, 0.2) is 40.7 Å². The van der Waals surface area contributed by atoms with Gasteiger partial charge in [-0.1, -0.05) is 6.07 Å². The van der Waals surface area contributed by atoms with E-state index in [0.29, 0.717) is 30.3 Å². The van der Waals surface area contributed by atoms with E-state index in [1.165, 1.54) is 11.1 Å². The van der Waals surface area contributed by atoms with Gasteiger partial charge < -0.3 is 20.9 Å². The van der Waals surface area contributed by atoms with Gasteiger partial charge in [-0.3, -0.25) is 9.79 Å². The number of carbonyl (C=O) groups excluding carboxylic acids is 1. The lowest BCUT2D eigenvalue weighted by Crippen LogP contribution is -2.48. The molecule has 6 nitrogen and oxygen atoms in total. The number of nitrogens with zero attached hydrogens (tertiary/aromatic N) is 2. The summed E-state index contributed by atoms with van der Waals surface area (Å²) in [5.74, 6) is 0.107. The fourth-order valence-corrected chi connectivity index (χ4v) is 4.17. The summed E-state index contributed by atoms with van der Waals surface area (Å²) in [4.78, 5) is 19.2. The molecule has 1 aromatic carbocycles. The molecule has 0 radical (unpaired) electrons. The van der Waals surface area contributed by atoms with Gasteiger partial charge in [0.25, 0.3) is 5.91 Å². The number of hydrogen-bond acceptors (Lipinski definition) is 4. The van der Waals surface area contributed by atoms with Gasteiger partial charge >= 0.3 is 0 Å². The Morgan fingerprint density at radius 1 is 1.26 bits per heavy atom. The summed E-state index contributed by atoms with van der Waals surface area (Å²) in [6.45, 7) is 7.37. The zero-order valence-corrected chi connectivity index (χ0v) is 21.1. The third kappa shape index (κ3) is 7.64. The second-order valence-electron chi connectivity index (χ2n) is 7.34. The highest BCUT2D eigenvalue weighted by molar-refractivity contribution is 14.0. The van der Waals surface area contributed by atoms with E-state index in [9.17, 15) is 9.18 Å². The average molecular weight is 559 g/mol. The summed E-state index contributed by atoms with van der Waals surface area (Å²) in [5, 5.41) is 13.0. The van der Waals surface area contributed by atoms with Gasteiger partial charge in [0, 0.05) is 37.8 Å². The number of rotatable bonds is 7. The molecule has 1 saturated heterocycles. The number of nitrogens with one attached hydrogen (secondary N) is 3. The van der Waals surface area contributed by atoms with E-state index in [1.54, 1.807) is 30.4 Å². The van der Waals surface area contributed by atoms with Gasteiger partial charge in [-0.15, -0.1) is 35.3 Å². The Labute approximate surface area is 204 Å². The number of hydrogen-bond donors (Lipinski definition) is 3. The van der Waals surface area contributed by atoms with Crippen LogP contribution in [0.3, 0.4) is 0 Å². The molecule has 1 aliphatic rings. The summed E-state index contributed by atoms with van der Waals surface area (Å²) in [6.07, 6.45) is 2.11. The summed E-state index contributed by atoms with van der Waals surface area (Å²) in [6, 6.07) is 9.15. The number of anilines is 1. The number of carbonyl (C=O) groups is 1. The van der Waals surface area contributed by atoms with Crippen LogP contribution in [0.2, 0.25) is 0 Å². The maximum absolute atomic E-state index is 13.6. The first-order valence-electron chi connectivity index (χ1n) is 10.4. The maximum atomic E-state index is 13.6. The molecular formula is C22H31FIN5OS. The van der Waals surface area contributed by atoms with Crippen molar-refractivity contribution >= 4 is 52.2 Å². The van der Waals surface area contributed by atoms with Crippen LogP contribution in [-0.2, 0) is 0 Å². The minimum absolute atomic E-state index is 0. The van der Waals surface area contributed by atoms with Crippen LogP contribution in [0, 0.1) is 12.7 Å². The minimum atomic E-state index is -0.371. The number of piperidine rings is 1. The highest BCUT2D eigenvalue weighted by atomic mass is 127. The Hall–Kier alpha value is -1.88. The van der Waals surface area contributed by atoms with Gasteiger partial charge in [0.2, 0.25) is 0 Å². The number of amides is 1. The Morgan fingerprint density at radius 3 is 2.68 bits per heavy atom.